The van der Waals surface area contributed by atoms with Crippen molar-refractivity contribution in [3.05, 3.63) is 34.3 Å². The van der Waals surface area contributed by atoms with Crippen LogP contribution in [0.25, 0.3) is 6.08 Å². The van der Waals surface area contributed by atoms with Crippen LogP contribution in [0.15, 0.2) is 28.8 Å². The zero-order valence-corrected chi connectivity index (χ0v) is 7.95. The van der Waals surface area contributed by atoms with Gasteiger partial charge in [-0.25, -0.2) is 9.78 Å². The quantitative estimate of drug-likeness (QED) is 0.643. The van der Waals surface area contributed by atoms with Crippen molar-refractivity contribution in [1.29, 1.82) is 0 Å². The number of hydrogen-bond donors (Lipinski definition) is 1. The minimum absolute atomic E-state index is 0.406. The summed E-state index contributed by atoms with van der Waals surface area (Å²) < 4.78 is 13.1. The van der Waals surface area contributed by atoms with Crippen LogP contribution in [-0.2, 0) is 4.79 Å². The molecular formula is C8H5BrFNO2. The number of aromatic nitrogens is 1. The molecule has 1 aromatic rings. The number of halogens is 2. The summed E-state index contributed by atoms with van der Waals surface area (Å²) in [6, 6.07) is 3.15. The van der Waals surface area contributed by atoms with Crippen molar-refractivity contribution >= 4 is 28.0 Å². The summed E-state index contributed by atoms with van der Waals surface area (Å²) in [5.74, 6) is -2.79. The molecule has 13 heavy (non-hydrogen) atoms. The average molecular weight is 246 g/mol. The van der Waals surface area contributed by atoms with Crippen LogP contribution in [0.3, 0.4) is 0 Å². The molecule has 0 aromatic carbocycles. The second kappa shape index (κ2) is 4.13. The molecule has 0 fully saturated rings. The van der Waals surface area contributed by atoms with Crippen molar-refractivity contribution in [2.45, 2.75) is 0 Å². The molecule has 1 rings (SSSR count). The van der Waals surface area contributed by atoms with Gasteiger partial charge in [0.05, 0.1) is 0 Å². The Balaban J connectivity index is 2.92. The van der Waals surface area contributed by atoms with Gasteiger partial charge in [-0.2, -0.15) is 4.39 Å². The van der Waals surface area contributed by atoms with E-state index >= 15 is 0 Å². The van der Waals surface area contributed by atoms with E-state index in [1.54, 1.807) is 12.1 Å². The minimum atomic E-state index is -1.58. The van der Waals surface area contributed by atoms with Crippen LogP contribution in [0, 0.1) is 0 Å². The van der Waals surface area contributed by atoms with E-state index in [0.717, 1.165) is 6.08 Å². The van der Waals surface area contributed by atoms with Crippen LogP contribution in [0.2, 0.25) is 0 Å². The summed E-state index contributed by atoms with van der Waals surface area (Å²) in [6.07, 6.45) is 2.27. The van der Waals surface area contributed by atoms with Gasteiger partial charge in [-0.05, 0) is 33.6 Å². The summed E-state index contributed by atoms with van der Waals surface area (Å²) in [6.45, 7) is 0. The lowest BCUT2D eigenvalue weighted by Crippen LogP contribution is -1.94. The topological polar surface area (TPSA) is 50.2 Å². The van der Waals surface area contributed by atoms with E-state index in [0.29, 0.717) is 10.2 Å². The van der Waals surface area contributed by atoms with E-state index < -0.39 is 11.8 Å². The number of nitrogens with zero attached hydrogens (tertiary/aromatic N) is 1. The van der Waals surface area contributed by atoms with Gasteiger partial charge in [0.2, 0.25) is 5.83 Å². The van der Waals surface area contributed by atoms with E-state index in [1.807, 2.05) is 0 Å². The van der Waals surface area contributed by atoms with Crippen LogP contribution < -0.4 is 0 Å². The smallest absolute Gasteiger partial charge is 0.364 e. The van der Waals surface area contributed by atoms with Gasteiger partial charge in [-0.1, -0.05) is 6.07 Å². The highest BCUT2D eigenvalue weighted by Crippen LogP contribution is 2.10. The normalized spacial score (nSPS) is 11.4. The van der Waals surface area contributed by atoms with Crippen LogP contribution in [0.5, 0.6) is 0 Å². The first-order valence-electron chi connectivity index (χ1n) is 3.31. The summed E-state index contributed by atoms with van der Waals surface area (Å²) in [7, 11) is 0. The highest BCUT2D eigenvalue weighted by atomic mass is 79.9. The van der Waals surface area contributed by atoms with Crippen LogP contribution in [-0.4, -0.2) is 16.1 Å². The molecule has 0 spiro atoms. The summed E-state index contributed by atoms with van der Waals surface area (Å²) in [5.41, 5.74) is 0.406. The van der Waals surface area contributed by atoms with Gasteiger partial charge in [-0.3, -0.25) is 0 Å². The second-order valence-electron chi connectivity index (χ2n) is 2.21. The fourth-order valence-electron chi connectivity index (χ4n) is 0.681. The second-order valence-corrected chi connectivity index (χ2v) is 3.02. The molecule has 0 bridgehead atoms. The third kappa shape index (κ3) is 2.95. The van der Waals surface area contributed by atoms with Gasteiger partial charge in [0.15, 0.2) is 0 Å². The van der Waals surface area contributed by atoms with Gasteiger partial charge in [0, 0.05) is 6.20 Å². The first kappa shape index (κ1) is 9.85. The number of carbonyl (C=O) groups is 1. The first-order valence-corrected chi connectivity index (χ1v) is 4.11. The van der Waals surface area contributed by atoms with Gasteiger partial charge >= 0.3 is 5.97 Å². The molecule has 5 heteroatoms. The van der Waals surface area contributed by atoms with Crippen molar-refractivity contribution < 1.29 is 14.3 Å². The fraction of sp³-hybridized carbons (Fsp3) is 0. The Morgan fingerprint density at radius 3 is 2.77 bits per heavy atom. The molecule has 0 saturated heterocycles. The maximum Gasteiger partial charge on any atom is 0.364 e. The lowest BCUT2D eigenvalue weighted by Gasteiger charge is -1.92. The van der Waals surface area contributed by atoms with Gasteiger partial charge in [0.25, 0.3) is 0 Å². The molecule has 3 nitrogen and oxygen atoms in total. The standard InChI is InChI=1S/C8H5BrFNO2/c9-7-2-1-5(4-11-7)3-6(10)8(12)13/h1-4H,(H,12,13). The molecule has 0 aliphatic rings. The summed E-state index contributed by atoms with van der Waals surface area (Å²) >= 11 is 3.10. The van der Waals surface area contributed by atoms with Gasteiger partial charge < -0.3 is 5.11 Å². The lowest BCUT2D eigenvalue weighted by atomic mass is 10.2. The van der Waals surface area contributed by atoms with Gasteiger partial charge in [0.1, 0.15) is 4.60 Å². The van der Waals surface area contributed by atoms with Crippen molar-refractivity contribution in [1.82, 2.24) is 4.98 Å². The van der Waals surface area contributed by atoms with Gasteiger partial charge in [-0.15, -0.1) is 0 Å². The van der Waals surface area contributed by atoms with E-state index in [4.69, 9.17) is 5.11 Å². The van der Waals surface area contributed by atoms with E-state index in [1.165, 1.54) is 6.20 Å². The molecule has 0 saturated carbocycles. The predicted octanol–water partition coefficient (Wildman–Crippen LogP) is 2.24. The van der Waals surface area contributed by atoms with Crippen molar-refractivity contribution in [2.24, 2.45) is 0 Å². The van der Waals surface area contributed by atoms with Crippen molar-refractivity contribution in [2.75, 3.05) is 0 Å². The van der Waals surface area contributed by atoms with E-state index in [-0.39, 0.29) is 0 Å². The molecule has 1 heterocycles. The Morgan fingerprint density at radius 2 is 2.31 bits per heavy atom. The number of carboxylic acid groups (broad SMARTS) is 1. The summed E-state index contributed by atoms with van der Waals surface area (Å²) in [5, 5.41) is 8.22. The SMILES string of the molecule is O=C(O)C(F)=Cc1ccc(Br)nc1. The largest absolute Gasteiger partial charge is 0.476 e. The maximum absolute atomic E-state index is 12.5. The molecule has 1 N–H and O–H groups in total. The van der Waals surface area contributed by atoms with E-state index in [2.05, 4.69) is 20.9 Å². The molecule has 0 amide bonds. The molecule has 0 radical (unpaired) electrons. The molecule has 0 atom stereocenters. The third-order valence-electron chi connectivity index (χ3n) is 1.25. The Kier molecular flexibility index (Phi) is 3.13. The molecular weight excluding hydrogens is 241 g/mol. The van der Waals surface area contributed by atoms with Crippen molar-refractivity contribution in [3.8, 4) is 0 Å². The molecule has 0 aliphatic heterocycles. The Labute approximate surface area is 82.0 Å². The highest BCUT2D eigenvalue weighted by molar-refractivity contribution is 9.10. The monoisotopic (exact) mass is 245 g/mol. The number of rotatable bonds is 2. The molecule has 0 unspecified atom stereocenters. The Hall–Kier alpha value is -1.23. The zero-order valence-electron chi connectivity index (χ0n) is 6.37. The molecule has 1 aromatic heterocycles. The Bertz CT molecular complexity index is 348. The number of pyridine rings is 1. The van der Waals surface area contributed by atoms with Crippen molar-refractivity contribution in [3.63, 3.8) is 0 Å². The Morgan fingerprint density at radius 1 is 1.62 bits per heavy atom. The average Bonchev–Trinajstić information content (AvgIpc) is 2.08. The lowest BCUT2D eigenvalue weighted by molar-refractivity contribution is -0.134. The predicted molar refractivity (Wildman–Crippen MR) is 48.7 cm³/mol. The number of aliphatic carboxylic acids is 1. The van der Waals surface area contributed by atoms with Crippen LogP contribution in [0.1, 0.15) is 5.56 Å². The molecule has 0 aliphatic carbocycles. The summed E-state index contributed by atoms with van der Waals surface area (Å²) in [4.78, 5) is 13.9. The number of hydrogen-bond acceptors (Lipinski definition) is 2. The molecule has 68 valence electrons. The zero-order chi connectivity index (χ0) is 9.84. The van der Waals surface area contributed by atoms with E-state index in [9.17, 15) is 9.18 Å². The first-order chi connectivity index (χ1) is 6.09. The third-order valence-corrected chi connectivity index (χ3v) is 1.72. The maximum atomic E-state index is 12.5. The minimum Gasteiger partial charge on any atom is -0.476 e. The van der Waals surface area contributed by atoms with Crippen LogP contribution in [0.4, 0.5) is 4.39 Å². The fourth-order valence-corrected chi connectivity index (χ4v) is 0.915. The number of carboxylic acids is 1. The highest BCUT2D eigenvalue weighted by Gasteiger charge is 2.04. The van der Waals surface area contributed by atoms with Crippen LogP contribution >= 0.6 is 15.9 Å².